The zero-order chi connectivity index (χ0) is 14.7. The molecule has 0 amide bonds. The molecule has 1 rings (SSSR count). The first-order valence-corrected chi connectivity index (χ1v) is 5.56. The van der Waals surface area contributed by atoms with Crippen molar-refractivity contribution in [2.45, 2.75) is 26.6 Å². The minimum atomic E-state index is -4.77. The number of rotatable bonds is 5. The monoisotopic (exact) mass is 276 g/mol. The van der Waals surface area contributed by atoms with Crippen LogP contribution in [0, 0.1) is 5.41 Å². The summed E-state index contributed by atoms with van der Waals surface area (Å²) in [6.07, 6.45) is -3.56. The molecule has 1 aromatic carbocycles. The molecule has 0 atom stereocenters. The highest BCUT2D eigenvalue weighted by Gasteiger charge is 2.32. The van der Waals surface area contributed by atoms with E-state index in [2.05, 4.69) is 4.74 Å². The lowest BCUT2D eigenvalue weighted by atomic mass is 9.87. The first-order valence-electron chi connectivity index (χ1n) is 5.56. The number of ether oxygens (including phenoxy) is 2. The lowest BCUT2D eigenvalue weighted by Gasteiger charge is -2.18. The maximum Gasteiger partial charge on any atom is 0.573 e. The first-order chi connectivity index (χ1) is 8.67. The quantitative estimate of drug-likeness (QED) is 0.773. The predicted octanol–water partition coefficient (Wildman–Crippen LogP) is 3.36. The van der Waals surface area contributed by atoms with Gasteiger partial charge in [-0.2, -0.15) is 0 Å². The highest BCUT2D eigenvalue weighted by atomic mass is 19.4. The van der Waals surface area contributed by atoms with E-state index in [0.29, 0.717) is 12.0 Å². The standard InChI is InChI=1S/C13H15F3O3/c1-12(2,8-17)7-9-4-5-10(11(6-9)18-3)19-13(14,15)16/h4-6,8H,7H2,1-3H3. The number of hydrogen-bond acceptors (Lipinski definition) is 3. The van der Waals surface area contributed by atoms with Crippen LogP contribution in [-0.2, 0) is 11.2 Å². The first kappa shape index (κ1) is 15.3. The molecular formula is C13H15F3O3. The van der Waals surface area contributed by atoms with E-state index in [0.717, 1.165) is 6.29 Å². The van der Waals surface area contributed by atoms with Crippen LogP contribution >= 0.6 is 0 Å². The number of benzene rings is 1. The summed E-state index contributed by atoms with van der Waals surface area (Å²) < 4.78 is 45.2. The summed E-state index contributed by atoms with van der Waals surface area (Å²) in [4.78, 5) is 10.8. The fourth-order valence-electron chi connectivity index (χ4n) is 1.60. The summed E-state index contributed by atoms with van der Waals surface area (Å²) in [7, 11) is 1.26. The minimum Gasteiger partial charge on any atom is -0.493 e. The van der Waals surface area contributed by atoms with E-state index in [1.807, 2.05) is 0 Å². The Balaban J connectivity index is 2.99. The Morgan fingerprint density at radius 2 is 1.84 bits per heavy atom. The molecule has 0 fully saturated rings. The predicted molar refractivity (Wildman–Crippen MR) is 63.2 cm³/mol. The molecule has 0 spiro atoms. The van der Waals surface area contributed by atoms with Gasteiger partial charge in [-0.1, -0.05) is 19.9 Å². The summed E-state index contributed by atoms with van der Waals surface area (Å²) in [5, 5.41) is 0. The normalized spacial score (nSPS) is 12.1. The van der Waals surface area contributed by atoms with Gasteiger partial charge in [-0.15, -0.1) is 13.2 Å². The van der Waals surface area contributed by atoms with Crippen molar-refractivity contribution < 1.29 is 27.4 Å². The molecule has 0 aromatic heterocycles. The Labute approximate surface area is 109 Å². The molecule has 19 heavy (non-hydrogen) atoms. The summed E-state index contributed by atoms with van der Waals surface area (Å²) in [6.45, 7) is 3.49. The molecule has 0 radical (unpaired) electrons. The van der Waals surface area contributed by atoms with Crippen LogP contribution in [0.1, 0.15) is 19.4 Å². The van der Waals surface area contributed by atoms with Crippen molar-refractivity contribution in [3.8, 4) is 11.5 Å². The largest absolute Gasteiger partial charge is 0.573 e. The SMILES string of the molecule is COc1cc(CC(C)(C)C=O)ccc1OC(F)(F)F. The smallest absolute Gasteiger partial charge is 0.493 e. The Bertz CT molecular complexity index is 453. The van der Waals surface area contributed by atoms with Gasteiger partial charge in [0.2, 0.25) is 0 Å². The van der Waals surface area contributed by atoms with Crippen molar-refractivity contribution in [3.05, 3.63) is 23.8 Å². The Hall–Kier alpha value is -1.72. The lowest BCUT2D eigenvalue weighted by molar-refractivity contribution is -0.275. The average molecular weight is 276 g/mol. The second-order valence-corrected chi connectivity index (χ2v) is 4.82. The van der Waals surface area contributed by atoms with Crippen LogP contribution in [-0.4, -0.2) is 19.8 Å². The second-order valence-electron chi connectivity index (χ2n) is 4.82. The maximum atomic E-state index is 12.2. The van der Waals surface area contributed by atoms with Crippen molar-refractivity contribution in [1.82, 2.24) is 0 Å². The van der Waals surface area contributed by atoms with E-state index in [1.165, 1.54) is 25.3 Å². The Morgan fingerprint density at radius 1 is 1.21 bits per heavy atom. The van der Waals surface area contributed by atoms with E-state index in [9.17, 15) is 18.0 Å². The highest BCUT2D eigenvalue weighted by molar-refractivity contribution is 5.59. The van der Waals surface area contributed by atoms with Crippen LogP contribution in [0.2, 0.25) is 0 Å². The number of carbonyl (C=O) groups excluding carboxylic acids is 1. The van der Waals surface area contributed by atoms with Crippen LogP contribution in [0.3, 0.4) is 0 Å². The summed E-state index contributed by atoms with van der Waals surface area (Å²) in [5.74, 6) is -0.417. The summed E-state index contributed by atoms with van der Waals surface area (Å²) in [6, 6.07) is 4.10. The lowest BCUT2D eigenvalue weighted by Crippen LogP contribution is -2.18. The van der Waals surface area contributed by atoms with Crippen molar-refractivity contribution in [1.29, 1.82) is 0 Å². The average Bonchev–Trinajstić information content (AvgIpc) is 2.29. The third-order valence-electron chi connectivity index (χ3n) is 2.43. The van der Waals surface area contributed by atoms with Crippen LogP contribution in [0.5, 0.6) is 11.5 Å². The molecule has 0 N–H and O–H groups in total. The van der Waals surface area contributed by atoms with E-state index in [4.69, 9.17) is 4.74 Å². The highest BCUT2D eigenvalue weighted by Crippen LogP contribution is 2.34. The second kappa shape index (κ2) is 5.50. The van der Waals surface area contributed by atoms with Gasteiger partial charge >= 0.3 is 6.36 Å². The third-order valence-corrected chi connectivity index (χ3v) is 2.43. The molecular weight excluding hydrogens is 261 g/mol. The van der Waals surface area contributed by atoms with E-state index < -0.39 is 17.5 Å². The van der Waals surface area contributed by atoms with Crippen LogP contribution in [0.15, 0.2) is 18.2 Å². The molecule has 1 aromatic rings. The van der Waals surface area contributed by atoms with Crippen LogP contribution < -0.4 is 9.47 Å². The van der Waals surface area contributed by atoms with Gasteiger partial charge in [0.05, 0.1) is 7.11 Å². The molecule has 106 valence electrons. The maximum absolute atomic E-state index is 12.2. The van der Waals surface area contributed by atoms with Gasteiger partial charge in [0.15, 0.2) is 11.5 Å². The number of methoxy groups -OCH3 is 1. The van der Waals surface area contributed by atoms with Crippen molar-refractivity contribution in [2.75, 3.05) is 7.11 Å². The van der Waals surface area contributed by atoms with Gasteiger partial charge in [0.25, 0.3) is 0 Å². The number of carbonyl (C=O) groups is 1. The molecule has 6 heteroatoms. The molecule has 0 saturated heterocycles. The van der Waals surface area contributed by atoms with Gasteiger partial charge < -0.3 is 14.3 Å². The minimum absolute atomic E-state index is 0.0171. The number of aldehydes is 1. The number of halogens is 3. The summed E-state index contributed by atoms with van der Waals surface area (Å²) >= 11 is 0. The van der Waals surface area contributed by atoms with Crippen LogP contribution in [0.4, 0.5) is 13.2 Å². The molecule has 3 nitrogen and oxygen atoms in total. The molecule has 0 heterocycles. The zero-order valence-electron chi connectivity index (χ0n) is 10.9. The molecule has 0 bridgehead atoms. The fourth-order valence-corrected chi connectivity index (χ4v) is 1.60. The van der Waals surface area contributed by atoms with Gasteiger partial charge in [-0.3, -0.25) is 0 Å². The third kappa shape index (κ3) is 4.81. The van der Waals surface area contributed by atoms with E-state index in [-0.39, 0.29) is 5.75 Å². The number of hydrogen-bond donors (Lipinski definition) is 0. The Morgan fingerprint density at radius 3 is 2.32 bits per heavy atom. The summed E-state index contributed by atoms with van der Waals surface area (Å²) in [5.41, 5.74) is 0.112. The van der Waals surface area contributed by atoms with Gasteiger partial charge in [-0.05, 0) is 24.1 Å². The van der Waals surface area contributed by atoms with Crippen LogP contribution in [0.25, 0.3) is 0 Å². The molecule has 0 aliphatic carbocycles. The van der Waals surface area contributed by atoms with Crippen molar-refractivity contribution in [3.63, 3.8) is 0 Å². The van der Waals surface area contributed by atoms with Gasteiger partial charge in [0, 0.05) is 5.41 Å². The van der Waals surface area contributed by atoms with Gasteiger partial charge in [-0.25, -0.2) is 0 Å². The molecule has 0 aliphatic rings. The fraction of sp³-hybridized carbons (Fsp3) is 0.462. The van der Waals surface area contributed by atoms with E-state index >= 15 is 0 Å². The molecule has 0 aliphatic heterocycles. The molecule has 0 unspecified atom stereocenters. The van der Waals surface area contributed by atoms with Crippen molar-refractivity contribution in [2.24, 2.45) is 5.41 Å². The zero-order valence-corrected chi connectivity index (χ0v) is 10.9. The topological polar surface area (TPSA) is 35.5 Å². The van der Waals surface area contributed by atoms with Crippen molar-refractivity contribution >= 4 is 6.29 Å². The molecule has 0 saturated carbocycles. The van der Waals surface area contributed by atoms with E-state index in [1.54, 1.807) is 13.8 Å². The van der Waals surface area contributed by atoms with Gasteiger partial charge in [0.1, 0.15) is 6.29 Å². The number of alkyl halides is 3. The Kier molecular flexibility index (Phi) is 4.44.